The van der Waals surface area contributed by atoms with Gasteiger partial charge in [0.1, 0.15) is 0 Å². The van der Waals surface area contributed by atoms with E-state index in [1.165, 1.54) is 16.9 Å². The van der Waals surface area contributed by atoms with Crippen molar-refractivity contribution in [2.75, 3.05) is 20.1 Å². The standard InChI is InChI=1S/C19H30N2OS/c1-13(2)21-9-7-16(8-10-21)20(4)19(22)18-12-15-11-14(3)5-6-17(15)23-18/h12-14,16H,5-11H2,1-4H3. The van der Waals surface area contributed by atoms with E-state index >= 15 is 0 Å². The Balaban J connectivity index is 1.64. The summed E-state index contributed by atoms with van der Waals surface area (Å²) in [6.45, 7) is 9.05. The molecule has 2 aliphatic rings. The largest absolute Gasteiger partial charge is 0.338 e. The molecule has 1 aliphatic heterocycles. The zero-order valence-electron chi connectivity index (χ0n) is 15.0. The molecule has 1 fully saturated rings. The Kier molecular flexibility index (Phi) is 5.12. The van der Waals surface area contributed by atoms with Crippen LogP contribution in [-0.4, -0.2) is 47.9 Å². The molecule has 128 valence electrons. The van der Waals surface area contributed by atoms with Crippen LogP contribution in [0.5, 0.6) is 0 Å². The Morgan fingerprint density at radius 1 is 1.30 bits per heavy atom. The van der Waals surface area contributed by atoms with E-state index in [-0.39, 0.29) is 5.91 Å². The monoisotopic (exact) mass is 334 g/mol. The van der Waals surface area contributed by atoms with Crippen molar-refractivity contribution in [2.45, 2.75) is 65.0 Å². The molecule has 0 N–H and O–H groups in total. The fraction of sp³-hybridized carbons (Fsp3) is 0.737. The van der Waals surface area contributed by atoms with Crippen molar-refractivity contribution in [2.24, 2.45) is 5.92 Å². The number of carbonyl (C=O) groups is 1. The number of rotatable bonds is 3. The molecular formula is C19H30N2OS. The van der Waals surface area contributed by atoms with Crippen molar-refractivity contribution in [3.63, 3.8) is 0 Å². The molecule has 23 heavy (non-hydrogen) atoms. The maximum absolute atomic E-state index is 12.9. The zero-order chi connectivity index (χ0) is 16.6. The highest BCUT2D eigenvalue weighted by atomic mass is 32.1. The fourth-order valence-electron chi connectivity index (χ4n) is 3.94. The minimum atomic E-state index is 0.236. The number of thiophene rings is 1. The quantitative estimate of drug-likeness (QED) is 0.839. The summed E-state index contributed by atoms with van der Waals surface area (Å²) in [6, 6.07) is 3.19. The third kappa shape index (κ3) is 3.63. The summed E-state index contributed by atoms with van der Waals surface area (Å²) in [5.74, 6) is 0.998. The number of likely N-dealkylation sites (tertiary alicyclic amines) is 1. The predicted molar refractivity (Wildman–Crippen MR) is 97.3 cm³/mol. The summed E-state index contributed by atoms with van der Waals surface area (Å²) in [5, 5.41) is 0. The molecule has 0 bridgehead atoms. The molecule has 0 saturated carbocycles. The molecule has 0 spiro atoms. The lowest BCUT2D eigenvalue weighted by Gasteiger charge is -2.38. The van der Waals surface area contributed by atoms with Gasteiger partial charge in [0.15, 0.2) is 0 Å². The first-order valence-corrected chi connectivity index (χ1v) is 9.90. The number of carbonyl (C=O) groups excluding carboxylic acids is 1. The first kappa shape index (κ1) is 17.0. The van der Waals surface area contributed by atoms with Crippen molar-refractivity contribution in [3.05, 3.63) is 21.4 Å². The summed E-state index contributed by atoms with van der Waals surface area (Å²) < 4.78 is 0. The minimum absolute atomic E-state index is 0.236. The van der Waals surface area contributed by atoms with Gasteiger partial charge in [-0.05, 0) is 63.5 Å². The van der Waals surface area contributed by atoms with Gasteiger partial charge in [-0.3, -0.25) is 4.79 Å². The first-order valence-electron chi connectivity index (χ1n) is 9.08. The lowest BCUT2D eigenvalue weighted by molar-refractivity contribution is 0.0620. The second-order valence-corrected chi connectivity index (χ2v) is 8.82. The Morgan fingerprint density at radius 2 is 2.00 bits per heavy atom. The molecule has 1 atom stereocenters. The molecule has 1 aliphatic carbocycles. The summed E-state index contributed by atoms with van der Waals surface area (Å²) >= 11 is 1.74. The second-order valence-electron chi connectivity index (χ2n) is 7.68. The van der Waals surface area contributed by atoms with Gasteiger partial charge in [-0.2, -0.15) is 0 Å². The van der Waals surface area contributed by atoms with Crippen LogP contribution in [0.1, 0.15) is 60.1 Å². The van der Waals surface area contributed by atoms with Crippen LogP contribution in [0.2, 0.25) is 0 Å². The van der Waals surface area contributed by atoms with Crippen LogP contribution in [0.3, 0.4) is 0 Å². The van der Waals surface area contributed by atoms with Crippen molar-refractivity contribution in [1.29, 1.82) is 0 Å². The summed E-state index contributed by atoms with van der Waals surface area (Å²) in [7, 11) is 2.00. The van der Waals surface area contributed by atoms with Gasteiger partial charge in [-0.15, -0.1) is 11.3 Å². The number of nitrogens with zero attached hydrogens (tertiary/aromatic N) is 2. The van der Waals surface area contributed by atoms with Gasteiger partial charge in [0, 0.05) is 37.1 Å². The normalized spacial score (nSPS) is 23.1. The predicted octanol–water partition coefficient (Wildman–Crippen LogP) is 3.82. The lowest BCUT2D eigenvalue weighted by Crippen LogP contribution is -2.47. The Labute approximate surface area is 144 Å². The van der Waals surface area contributed by atoms with Crippen LogP contribution in [0.4, 0.5) is 0 Å². The van der Waals surface area contributed by atoms with Crippen molar-refractivity contribution < 1.29 is 4.79 Å². The van der Waals surface area contributed by atoms with Crippen LogP contribution >= 0.6 is 11.3 Å². The second kappa shape index (κ2) is 6.94. The van der Waals surface area contributed by atoms with Crippen LogP contribution in [-0.2, 0) is 12.8 Å². The minimum Gasteiger partial charge on any atom is -0.338 e. The van der Waals surface area contributed by atoms with Gasteiger partial charge in [0.25, 0.3) is 5.91 Å². The van der Waals surface area contributed by atoms with Gasteiger partial charge in [-0.1, -0.05) is 6.92 Å². The Bertz CT molecular complexity index is 558. The average Bonchev–Trinajstić information content (AvgIpc) is 2.96. The van der Waals surface area contributed by atoms with E-state index in [0.29, 0.717) is 12.1 Å². The number of aryl methyl sites for hydroxylation is 1. The van der Waals surface area contributed by atoms with Crippen molar-refractivity contribution in [3.8, 4) is 0 Å². The smallest absolute Gasteiger partial charge is 0.263 e. The van der Waals surface area contributed by atoms with E-state index in [0.717, 1.165) is 49.6 Å². The Morgan fingerprint density at radius 3 is 2.65 bits per heavy atom. The molecular weight excluding hydrogens is 304 g/mol. The molecule has 3 rings (SSSR count). The molecule has 4 heteroatoms. The number of amides is 1. The van der Waals surface area contributed by atoms with Gasteiger partial charge in [-0.25, -0.2) is 0 Å². The lowest BCUT2D eigenvalue weighted by atomic mass is 9.90. The maximum atomic E-state index is 12.9. The van der Waals surface area contributed by atoms with Crippen LogP contribution in [0, 0.1) is 5.92 Å². The topological polar surface area (TPSA) is 23.6 Å². The molecule has 1 amide bonds. The SMILES string of the molecule is CC1CCc2sc(C(=O)N(C)C3CCN(C(C)C)CC3)cc2C1. The summed E-state index contributed by atoms with van der Waals surface area (Å²) in [5.41, 5.74) is 1.43. The molecule has 3 nitrogen and oxygen atoms in total. The van der Waals surface area contributed by atoms with Gasteiger partial charge in [0.05, 0.1) is 4.88 Å². The number of hydrogen-bond donors (Lipinski definition) is 0. The van der Waals surface area contributed by atoms with Gasteiger partial charge >= 0.3 is 0 Å². The van der Waals surface area contributed by atoms with Crippen LogP contribution < -0.4 is 0 Å². The summed E-state index contributed by atoms with van der Waals surface area (Å²) in [4.78, 5) is 19.8. The molecule has 1 saturated heterocycles. The van der Waals surface area contributed by atoms with Crippen LogP contribution in [0.15, 0.2) is 6.07 Å². The van der Waals surface area contributed by atoms with Crippen LogP contribution in [0.25, 0.3) is 0 Å². The zero-order valence-corrected chi connectivity index (χ0v) is 15.8. The third-order valence-electron chi connectivity index (χ3n) is 5.64. The fourth-order valence-corrected chi connectivity index (χ4v) is 5.13. The van der Waals surface area contributed by atoms with E-state index in [1.807, 2.05) is 11.9 Å². The van der Waals surface area contributed by atoms with Crippen molar-refractivity contribution >= 4 is 17.2 Å². The van der Waals surface area contributed by atoms with E-state index in [1.54, 1.807) is 11.3 Å². The number of hydrogen-bond acceptors (Lipinski definition) is 3. The molecule has 0 aromatic carbocycles. The number of piperidine rings is 1. The average molecular weight is 335 g/mol. The molecule has 1 aromatic rings. The molecule has 1 aromatic heterocycles. The third-order valence-corrected chi connectivity index (χ3v) is 6.86. The highest BCUT2D eigenvalue weighted by Crippen LogP contribution is 2.33. The first-order chi connectivity index (χ1) is 11.0. The maximum Gasteiger partial charge on any atom is 0.263 e. The highest BCUT2D eigenvalue weighted by Gasteiger charge is 2.28. The highest BCUT2D eigenvalue weighted by molar-refractivity contribution is 7.14. The number of fused-ring (bicyclic) bond motifs is 1. The molecule has 1 unspecified atom stereocenters. The summed E-state index contributed by atoms with van der Waals surface area (Å²) in [6.07, 6.45) is 5.77. The van der Waals surface area contributed by atoms with E-state index in [2.05, 4.69) is 31.7 Å². The van der Waals surface area contributed by atoms with Gasteiger partial charge in [0.2, 0.25) is 0 Å². The van der Waals surface area contributed by atoms with Gasteiger partial charge < -0.3 is 9.80 Å². The molecule has 0 radical (unpaired) electrons. The van der Waals surface area contributed by atoms with E-state index in [4.69, 9.17) is 0 Å². The van der Waals surface area contributed by atoms with Crippen molar-refractivity contribution in [1.82, 2.24) is 9.80 Å². The Hall–Kier alpha value is -0.870. The van der Waals surface area contributed by atoms with E-state index in [9.17, 15) is 4.79 Å². The molecule has 2 heterocycles. The van der Waals surface area contributed by atoms with E-state index < -0.39 is 0 Å².